The fraction of sp³-hybridized carbons (Fsp3) is 0.0769. The van der Waals surface area contributed by atoms with Gasteiger partial charge in [0.25, 0.3) is 0 Å². The Morgan fingerprint density at radius 2 is 1.83 bits per heavy atom. The van der Waals surface area contributed by atoms with Gasteiger partial charge in [-0.15, -0.1) is 0 Å². The van der Waals surface area contributed by atoms with Crippen LogP contribution in [-0.4, -0.2) is 17.9 Å². The second kappa shape index (κ2) is 5.38. The van der Waals surface area contributed by atoms with Crippen molar-refractivity contribution in [1.29, 1.82) is 0 Å². The number of methoxy groups -OCH3 is 1. The van der Waals surface area contributed by atoms with Crippen molar-refractivity contribution >= 4 is 29.0 Å². The highest BCUT2D eigenvalue weighted by Gasteiger charge is 2.17. The largest absolute Gasteiger partial charge is 0.496 e. The normalized spacial score (nSPS) is 10.2. The Morgan fingerprint density at radius 1 is 1.11 bits per heavy atom. The van der Waals surface area contributed by atoms with Gasteiger partial charge < -0.3 is 4.74 Å². The molecule has 0 unspecified atom stereocenters. The summed E-state index contributed by atoms with van der Waals surface area (Å²) in [7, 11) is 1.51. The minimum atomic E-state index is -0.249. The van der Waals surface area contributed by atoms with Crippen LogP contribution in [0.3, 0.4) is 0 Å². The van der Waals surface area contributed by atoms with Gasteiger partial charge in [0, 0.05) is 0 Å². The third kappa shape index (κ3) is 2.47. The molecule has 0 bridgehead atoms. The topological polar surface area (TPSA) is 39.2 Å². The van der Waals surface area contributed by atoms with Crippen LogP contribution in [0.2, 0.25) is 10.3 Å². The zero-order valence-electron chi connectivity index (χ0n) is 9.48. The number of carbonyl (C=O) groups excluding carboxylic acids is 1. The Balaban J connectivity index is 2.48. The summed E-state index contributed by atoms with van der Waals surface area (Å²) in [4.78, 5) is 16.2. The maximum absolute atomic E-state index is 12.3. The van der Waals surface area contributed by atoms with Gasteiger partial charge in [0.2, 0.25) is 0 Å². The number of carbonyl (C=O) groups is 1. The van der Waals surface area contributed by atoms with Crippen LogP contribution in [0.1, 0.15) is 15.9 Å². The maximum atomic E-state index is 12.3. The summed E-state index contributed by atoms with van der Waals surface area (Å²) in [5.74, 6) is 0.245. The van der Waals surface area contributed by atoms with Gasteiger partial charge in [0.15, 0.2) is 5.78 Å². The molecule has 0 saturated carbocycles. The molecule has 0 aliphatic rings. The molecule has 0 fully saturated rings. The molecule has 2 rings (SSSR count). The van der Waals surface area contributed by atoms with Crippen LogP contribution < -0.4 is 4.74 Å². The molecular weight excluding hydrogens is 273 g/mol. The van der Waals surface area contributed by atoms with E-state index in [1.807, 2.05) is 0 Å². The molecule has 1 aromatic carbocycles. The summed E-state index contributed by atoms with van der Waals surface area (Å²) in [5.41, 5.74) is 0.733. The highest BCUT2D eigenvalue weighted by atomic mass is 35.5. The van der Waals surface area contributed by atoms with E-state index in [2.05, 4.69) is 4.98 Å². The lowest BCUT2D eigenvalue weighted by atomic mass is 10.0. The number of rotatable bonds is 3. The molecule has 1 aromatic heterocycles. The van der Waals surface area contributed by atoms with Gasteiger partial charge in [0.1, 0.15) is 16.1 Å². The Kier molecular flexibility index (Phi) is 3.84. The zero-order chi connectivity index (χ0) is 13.1. The first kappa shape index (κ1) is 12.9. The third-order valence-electron chi connectivity index (χ3n) is 2.41. The number of aromatic nitrogens is 1. The monoisotopic (exact) mass is 281 g/mol. The van der Waals surface area contributed by atoms with E-state index < -0.39 is 0 Å². The van der Waals surface area contributed by atoms with Crippen LogP contribution in [-0.2, 0) is 0 Å². The molecule has 18 heavy (non-hydrogen) atoms. The van der Waals surface area contributed by atoms with Crippen molar-refractivity contribution in [3.8, 4) is 5.75 Å². The molecule has 0 amide bonds. The van der Waals surface area contributed by atoms with E-state index in [-0.39, 0.29) is 16.1 Å². The number of benzene rings is 1. The van der Waals surface area contributed by atoms with E-state index in [1.165, 1.54) is 13.2 Å². The van der Waals surface area contributed by atoms with Crippen LogP contribution >= 0.6 is 23.2 Å². The first-order valence-electron chi connectivity index (χ1n) is 5.13. The summed E-state index contributed by atoms with van der Waals surface area (Å²) < 4.78 is 5.14. The van der Waals surface area contributed by atoms with E-state index >= 15 is 0 Å². The predicted molar refractivity (Wildman–Crippen MR) is 70.7 cm³/mol. The summed E-state index contributed by atoms with van der Waals surface area (Å²) in [6, 6.07) is 10.0. The standard InChI is InChI=1S/C13H9Cl2NO2/c1-18-10-5-3-2-4-8(10)12(17)9-6-7-11(14)16-13(9)15/h2-7H,1H3. The summed E-state index contributed by atoms with van der Waals surface area (Å²) in [6.45, 7) is 0. The smallest absolute Gasteiger partial charge is 0.199 e. The molecule has 1 heterocycles. The molecule has 3 nitrogen and oxygen atoms in total. The third-order valence-corrected chi connectivity index (χ3v) is 2.91. The Morgan fingerprint density at radius 3 is 2.50 bits per heavy atom. The lowest BCUT2D eigenvalue weighted by Gasteiger charge is -2.08. The summed E-state index contributed by atoms with van der Waals surface area (Å²) >= 11 is 11.6. The number of ketones is 1. The van der Waals surface area contributed by atoms with Gasteiger partial charge in [-0.25, -0.2) is 4.98 Å². The van der Waals surface area contributed by atoms with Gasteiger partial charge in [0.05, 0.1) is 18.2 Å². The van der Waals surface area contributed by atoms with E-state index in [1.54, 1.807) is 30.3 Å². The van der Waals surface area contributed by atoms with Gasteiger partial charge in [-0.1, -0.05) is 35.3 Å². The van der Waals surface area contributed by atoms with E-state index in [9.17, 15) is 4.79 Å². The van der Waals surface area contributed by atoms with Crippen molar-refractivity contribution in [3.63, 3.8) is 0 Å². The molecule has 2 aromatic rings. The number of ether oxygens (including phenoxy) is 1. The first-order valence-corrected chi connectivity index (χ1v) is 5.89. The van der Waals surface area contributed by atoms with E-state index in [0.717, 1.165) is 0 Å². The minimum absolute atomic E-state index is 0.0819. The van der Waals surface area contributed by atoms with Crippen LogP contribution in [0, 0.1) is 0 Å². The van der Waals surface area contributed by atoms with Crippen molar-refractivity contribution < 1.29 is 9.53 Å². The number of pyridine rings is 1. The molecule has 0 saturated heterocycles. The maximum Gasteiger partial charge on any atom is 0.199 e. The number of halogens is 2. The minimum Gasteiger partial charge on any atom is -0.496 e. The fourth-order valence-electron chi connectivity index (χ4n) is 1.56. The van der Waals surface area contributed by atoms with E-state index in [0.29, 0.717) is 16.9 Å². The highest BCUT2D eigenvalue weighted by Crippen LogP contribution is 2.25. The Bertz CT molecular complexity index is 599. The molecule has 0 atom stereocenters. The zero-order valence-corrected chi connectivity index (χ0v) is 11.0. The summed E-state index contributed by atoms with van der Waals surface area (Å²) in [6.07, 6.45) is 0. The molecular formula is C13H9Cl2NO2. The van der Waals surface area contributed by atoms with Crippen molar-refractivity contribution in [1.82, 2.24) is 4.98 Å². The summed E-state index contributed by atoms with van der Waals surface area (Å²) in [5, 5.41) is 0.329. The second-order valence-electron chi connectivity index (χ2n) is 3.50. The van der Waals surface area contributed by atoms with Crippen LogP contribution in [0.5, 0.6) is 5.75 Å². The van der Waals surface area contributed by atoms with Crippen molar-refractivity contribution in [2.75, 3.05) is 7.11 Å². The average molecular weight is 282 g/mol. The van der Waals surface area contributed by atoms with E-state index in [4.69, 9.17) is 27.9 Å². The number of para-hydroxylation sites is 1. The lowest BCUT2D eigenvalue weighted by molar-refractivity contribution is 0.103. The fourth-order valence-corrected chi connectivity index (χ4v) is 1.99. The molecule has 5 heteroatoms. The Hall–Kier alpha value is -1.58. The number of nitrogens with zero attached hydrogens (tertiary/aromatic N) is 1. The number of hydrogen-bond acceptors (Lipinski definition) is 3. The first-order chi connectivity index (χ1) is 8.63. The predicted octanol–water partition coefficient (Wildman–Crippen LogP) is 3.63. The van der Waals surface area contributed by atoms with Gasteiger partial charge >= 0.3 is 0 Å². The molecule has 0 radical (unpaired) electrons. The molecule has 92 valence electrons. The molecule has 0 aliphatic carbocycles. The van der Waals surface area contributed by atoms with Crippen LogP contribution in [0.4, 0.5) is 0 Å². The molecule has 0 aliphatic heterocycles. The Labute approximate surface area is 114 Å². The van der Waals surface area contributed by atoms with Crippen LogP contribution in [0.25, 0.3) is 0 Å². The van der Waals surface area contributed by atoms with Crippen molar-refractivity contribution in [3.05, 3.63) is 57.8 Å². The lowest BCUT2D eigenvalue weighted by Crippen LogP contribution is -2.05. The highest BCUT2D eigenvalue weighted by molar-refractivity contribution is 6.35. The number of hydrogen-bond donors (Lipinski definition) is 0. The molecule has 0 N–H and O–H groups in total. The second-order valence-corrected chi connectivity index (χ2v) is 4.25. The average Bonchev–Trinajstić information content (AvgIpc) is 2.38. The van der Waals surface area contributed by atoms with Crippen LogP contribution in [0.15, 0.2) is 36.4 Å². The van der Waals surface area contributed by atoms with Crippen molar-refractivity contribution in [2.24, 2.45) is 0 Å². The quantitative estimate of drug-likeness (QED) is 0.637. The van der Waals surface area contributed by atoms with Gasteiger partial charge in [-0.3, -0.25) is 4.79 Å². The van der Waals surface area contributed by atoms with Gasteiger partial charge in [-0.05, 0) is 24.3 Å². The van der Waals surface area contributed by atoms with Gasteiger partial charge in [-0.2, -0.15) is 0 Å². The van der Waals surface area contributed by atoms with Crippen molar-refractivity contribution in [2.45, 2.75) is 0 Å². The molecule has 0 spiro atoms. The SMILES string of the molecule is COc1ccccc1C(=O)c1ccc(Cl)nc1Cl.